The molecule has 126 valence electrons. The van der Waals surface area contributed by atoms with Crippen LogP contribution in [-0.2, 0) is 9.47 Å². The predicted octanol–water partition coefficient (Wildman–Crippen LogP) is 1.59. The van der Waals surface area contributed by atoms with Crippen molar-refractivity contribution in [2.75, 3.05) is 39.4 Å². The van der Waals surface area contributed by atoms with E-state index in [4.69, 9.17) is 15.2 Å². The second-order valence-electron chi connectivity index (χ2n) is 5.93. The summed E-state index contributed by atoms with van der Waals surface area (Å²) in [6.07, 6.45) is 0.422. The summed E-state index contributed by atoms with van der Waals surface area (Å²) in [7, 11) is 0. The molecule has 0 aromatic rings. The van der Waals surface area contributed by atoms with E-state index in [2.05, 4.69) is 17.1 Å². The average molecular weight is 303 g/mol. The SMILES string of the molecule is CCOCCN(CC)C(CN)CCNC(=O)OC(C)(C)C. The number of rotatable bonds is 10. The molecule has 0 aliphatic heterocycles. The molecule has 1 unspecified atom stereocenters. The summed E-state index contributed by atoms with van der Waals surface area (Å²) in [6.45, 7) is 14.0. The lowest BCUT2D eigenvalue weighted by molar-refractivity contribution is 0.0518. The fourth-order valence-electron chi connectivity index (χ4n) is 2.03. The predicted molar refractivity (Wildman–Crippen MR) is 85.4 cm³/mol. The largest absolute Gasteiger partial charge is 0.444 e. The third kappa shape index (κ3) is 10.5. The van der Waals surface area contributed by atoms with Crippen molar-refractivity contribution in [3.63, 3.8) is 0 Å². The first-order valence-corrected chi connectivity index (χ1v) is 7.82. The third-order valence-corrected chi connectivity index (χ3v) is 3.07. The first kappa shape index (κ1) is 20.1. The number of amides is 1. The average Bonchev–Trinajstić information content (AvgIpc) is 2.39. The van der Waals surface area contributed by atoms with Gasteiger partial charge in [0, 0.05) is 32.3 Å². The molecule has 0 aliphatic carbocycles. The van der Waals surface area contributed by atoms with Gasteiger partial charge in [-0.15, -0.1) is 0 Å². The van der Waals surface area contributed by atoms with Crippen LogP contribution >= 0.6 is 0 Å². The van der Waals surface area contributed by atoms with Crippen molar-refractivity contribution in [3.05, 3.63) is 0 Å². The number of ether oxygens (including phenoxy) is 2. The lowest BCUT2D eigenvalue weighted by Crippen LogP contribution is -2.44. The number of likely N-dealkylation sites (N-methyl/N-ethyl adjacent to an activating group) is 1. The quantitative estimate of drug-likeness (QED) is 0.599. The number of nitrogens with zero attached hydrogens (tertiary/aromatic N) is 1. The van der Waals surface area contributed by atoms with Gasteiger partial charge in [-0.05, 0) is 40.7 Å². The highest BCUT2D eigenvalue weighted by molar-refractivity contribution is 5.67. The molecule has 6 nitrogen and oxygen atoms in total. The maximum atomic E-state index is 11.6. The smallest absolute Gasteiger partial charge is 0.407 e. The monoisotopic (exact) mass is 303 g/mol. The van der Waals surface area contributed by atoms with Gasteiger partial charge in [0.25, 0.3) is 0 Å². The minimum absolute atomic E-state index is 0.241. The molecule has 0 bridgehead atoms. The molecule has 0 spiro atoms. The van der Waals surface area contributed by atoms with E-state index in [9.17, 15) is 4.79 Å². The number of alkyl carbamates (subject to hydrolysis) is 1. The Morgan fingerprint density at radius 2 is 2.00 bits per heavy atom. The van der Waals surface area contributed by atoms with Gasteiger partial charge in [-0.25, -0.2) is 4.79 Å². The highest BCUT2D eigenvalue weighted by Crippen LogP contribution is 2.07. The maximum absolute atomic E-state index is 11.6. The number of hydrogen-bond donors (Lipinski definition) is 2. The molecular formula is C15H33N3O3. The van der Waals surface area contributed by atoms with Crippen LogP contribution < -0.4 is 11.1 Å². The van der Waals surface area contributed by atoms with E-state index in [0.29, 0.717) is 19.7 Å². The minimum Gasteiger partial charge on any atom is -0.444 e. The van der Waals surface area contributed by atoms with Crippen LogP contribution in [0.4, 0.5) is 4.79 Å². The summed E-state index contributed by atoms with van der Waals surface area (Å²) in [4.78, 5) is 13.9. The number of carbonyl (C=O) groups is 1. The van der Waals surface area contributed by atoms with Gasteiger partial charge in [0.05, 0.1) is 6.61 Å². The molecule has 0 fully saturated rings. The Morgan fingerprint density at radius 1 is 1.33 bits per heavy atom. The minimum atomic E-state index is -0.468. The van der Waals surface area contributed by atoms with Gasteiger partial charge in [-0.1, -0.05) is 6.92 Å². The second-order valence-corrected chi connectivity index (χ2v) is 5.93. The Morgan fingerprint density at radius 3 is 2.48 bits per heavy atom. The van der Waals surface area contributed by atoms with Gasteiger partial charge in [0.15, 0.2) is 0 Å². The summed E-state index contributed by atoms with van der Waals surface area (Å²) in [5.74, 6) is 0. The van der Waals surface area contributed by atoms with Crippen LogP contribution in [0.1, 0.15) is 41.0 Å². The van der Waals surface area contributed by atoms with E-state index in [1.165, 1.54) is 0 Å². The van der Waals surface area contributed by atoms with E-state index >= 15 is 0 Å². The van der Waals surface area contributed by atoms with Gasteiger partial charge in [0.2, 0.25) is 0 Å². The lowest BCUT2D eigenvalue weighted by atomic mass is 10.1. The van der Waals surface area contributed by atoms with Crippen molar-refractivity contribution in [2.45, 2.75) is 52.7 Å². The van der Waals surface area contributed by atoms with Gasteiger partial charge >= 0.3 is 6.09 Å². The Balaban J connectivity index is 4.09. The lowest BCUT2D eigenvalue weighted by Gasteiger charge is -2.30. The molecule has 0 radical (unpaired) electrons. The van der Waals surface area contributed by atoms with Crippen molar-refractivity contribution >= 4 is 6.09 Å². The van der Waals surface area contributed by atoms with Gasteiger partial charge in [-0.3, -0.25) is 4.90 Å². The first-order valence-electron chi connectivity index (χ1n) is 7.82. The van der Waals surface area contributed by atoms with E-state index in [1.807, 2.05) is 27.7 Å². The zero-order chi connectivity index (χ0) is 16.3. The second kappa shape index (κ2) is 10.8. The Labute approximate surface area is 129 Å². The topological polar surface area (TPSA) is 76.8 Å². The van der Waals surface area contributed by atoms with Crippen LogP contribution in [0, 0.1) is 0 Å². The molecule has 0 aromatic carbocycles. The molecule has 1 atom stereocenters. The van der Waals surface area contributed by atoms with Crippen LogP contribution in [0.3, 0.4) is 0 Å². The van der Waals surface area contributed by atoms with Crippen molar-refractivity contribution in [1.29, 1.82) is 0 Å². The molecule has 21 heavy (non-hydrogen) atoms. The number of nitrogens with one attached hydrogen (secondary N) is 1. The molecule has 0 aromatic heterocycles. The van der Waals surface area contributed by atoms with Crippen LogP contribution in [0.2, 0.25) is 0 Å². The van der Waals surface area contributed by atoms with Crippen molar-refractivity contribution in [1.82, 2.24) is 10.2 Å². The summed E-state index contributed by atoms with van der Waals surface area (Å²) >= 11 is 0. The van der Waals surface area contributed by atoms with Crippen LogP contribution in [0.25, 0.3) is 0 Å². The van der Waals surface area contributed by atoms with Gasteiger partial charge < -0.3 is 20.5 Å². The highest BCUT2D eigenvalue weighted by Gasteiger charge is 2.18. The molecule has 6 heteroatoms. The molecule has 3 N–H and O–H groups in total. The van der Waals surface area contributed by atoms with Crippen LogP contribution in [0.15, 0.2) is 0 Å². The number of carbonyl (C=O) groups excluding carboxylic acids is 1. The van der Waals surface area contributed by atoms with Gasteiger partial charge in [0.1, 0.15) is 5.60 Å². The molecule has 0 aliphatic rings. The molecule has 1 amide bonds. The van der Waals surface area contributed by atoms with Crippen molar-refractivity contribution < 1.29 is 14.3 Å². The summed E-state index contributed by atoms with van der Waals surface area (Å²) in [5.41, 5.74) is 5.38. The highest BCUT2D eigenvalue weighted by atomic mass is 16.6. The first-order chi connectivity index (χ1) is 9.84. The molecule has 0 rings (SSSR count). The summed E-state index contributed by atoms with van der Waals surface area (Å²) in [5, 5.41) is 2.78. The molecule has 0 heterocycles. The van der Waals surface area contributed by atoms with E-state index in [0.717, 1.165) is 26.1 Å². The molecular weight excluding hydrogens is 270 g/mol. The maximum Gasteiger partial charge on any atom is 0.407 e. The normalized spacial score (nSPS) is 13.3. The fraction of sp³-hybridized carbons (Fsp3) is 0.933. The Kier molecular flexibility index (Phi) is 10.4. The van der Waals surface area contributed by atoms with Gasteiger partial charge in [-0.2, -0.15) is 0 Å². The van der Waals surface area contributed by atoms with Crippen LogP contribution in [0.5, 0.6) is 0 Å². The summed E-state index contributed by atoms with van der Waals surface area (Å²) in [6, 6.07) is 0.241. The van der Waals surface area contributed by atoms with E-state index in [-0.39, 0.29) is 12.1 Å². The number of nitrogens with two attached hydrogens (primary N) is 1. The number of hydrogen-bond acceptors (Lipinski definition) is 5. The van der Waals surface area contributed by atoms with Crippen molar-refractivity contribution in [3.8, 4) is 0 Å². The summed E-state index contributed by atoms with van der Waals surface area (Å²) < 4.78 is 10.6. The Hall–Kier alpha value is -0.850. The van der Waals surface area contributed by atoms with Crippen LogP contribution in [-0.4, -0.2) is 62.0 Å². The Bertz CT molecular complexity index is 280. The van der Waals surface area contributed by atoms with E-state index in [1.54, 1.807) is 0 Å². The van der Waals surface area contributed by atoms with E-state index < -0.39 is 5.60 Å². The fourth-order valence-corrected chi connectivity index (χ4v) is 2.03. The zero-order valence-corrected chi connectivity index (χ0v) is 14.3. The third-order valence-electron chi connectivity index (χ3n) is 3.07. The van der Waals surface area contributed by atoms with Crippen molar-refractivity contribution in [2.24, 2.45) is 5.73 Å². The molecule has 0 saturated carbocycles. The standard InChI is InChI=1S/C15H33N3O3/c1-6-18(10-11-20-7-2)13(12-16)8-9-17-14(19)21-15(3,4)5/h13H,6-12,16H2,1-5H3,(H,17,19). The zero-order valence-electron chi connectivity index (χ0n) is 14.3. The molecule has 0 saturated heterocycles.